The van der Waals surface area contributed by atoms with E-state index in [1.54, 1.807) is 0 Å². The Morgan fingerprint density at radius 2 is 0.812 bits per heavy atom. The molecule has 1 nitrogen and oxygen atoms in total. The van der Waals surface area contributed by atoms with Crippen LogP contribution in [0.3, 0.4) is 0 Å². The second kappa shape index (κ2) is 12.0. The van der Waals surface area contributed by atoms with Crippen LogP contribution >= 0.6 is 11.3 Å². The quantitative estimate of drug-likeness (QED) is 0.177. The number of rotatable bonds is 6. The van der Waals surface area contributed by atoms with E-state index in [1.807, 2.05) is 11.3 Å². The van der Waals surface area contributed by atoms with Crippen LogP contribution in [0, 0.1) is 0 Å². The average Bonchev–Trinajstić information content (AvgIpc) is 3.55. The summed E-state index contributed by atoms with van der Waals surface area (Å²) < 4.78 is 2.65. The molecule has 1 aromatic heterocycles. The van der Waals surface area contributed by atoms with Crippen LogP contribution in [0.2, 0.25) is 0 Å². The van der Waals surface area contributed by atoms with Crippen molar-refractivity contribution in [3.05, 3.63) is 188 Å². The largest absolute Gasteiger partial charge is 0.310 e. The molecule has 0 amide bonds. The maximum Gasteiger partial charge on any atom is 0.0547 e. The van der Waals surface area contributed by atoms with Gasteiger partial charge in [-0.15, -0.1) is 11.3 Å². The maximum atomic E-state index is 2.42. The van der Waals surface area contributed by atoms with E-state index >= 15 is 0 Å². The molecule has 0 fully saturated rings. The van der Waals surface area contributed by atoms with Gasteiger partial charge in [0.1, 0.15) is 0 Å². The molecule has 0 atom stereocenters. The molecule has 48 heavy (non-hydrogen) atoms. The fourth-order valence-corrected chi connectivity index (χ4v) is 8.30. The SMILES string of the molecule is c1ccc(-c2ccc(-c3cccc(N(c4ccccc4)c4cc5c6cccc(-c7ccccc7)c6sc5c5ccccc45)c3)cc2)cc1. The van der Waals surface area contributed by atoms with E-state index in [-0.39, 0.29) is 0 Å². The lowest BCUT2D eigenvalue weighted by molar-refractivity contribution is 1.30. The Kier molecular flexibility index (Phi) is 7.07. The lowest BCUT2D eigenvalue weighted by Gasteiger charge is -2.27. The van der Waals surface area contributed by atoms with E-state index in [1.165, 1.54) is 70.0 Å². The van der Waals surface area contributed by atoms with Crippen LogP contribution in [0.15, 0.2) is 188 Å². The van der Waals surface area contributed by atoms with Crippen molar-refractivity contribution in [2.45, 2.75) is 0 Å². The van der Waals surface area contributed by atoms with Crippen molar-refractivity contribution in [2.75, 3.05) is 4.90 Å². The number of anilines is 3. The zero-order valence-electron chi connectivity index (χ0n) is 26.3. The minimum absolute atomic E-state index is 1.12. The summed E-state index contributed by atoms with van der Waals surface area (Å²) in [5.41, 5.74) is 10.8. The summed E-state index contributed by atoms with van der Waals surface area (Å²) in [4.78, 5) is 2.42. The first-order chi connectivity index (χ1) is 23.8. The van der Waals surface area contributed by atoms with Crippen LogP contribution in [0.5, 0.6) is 0 Å². The van der Waals surface area contributed by atoms with Crippen molar-refractivity contribution in [1.82, 2.24) is 0 Å². The fourth-order valence-electron chi connectivity index (χ4n) is 6.95. The summed E-state index contributed by atoms with van der Waals surface area (Å²) in [5, 5.41) is 5.09. The van der Waals surface area contributed by atoms with E-state index in [0.29, 0.717) is 0 Å². The molecule has 2 heteroatoms. The van der Waals surface area contributed by atoms with Crippen LogP contribution < -0.4 is 4.90 Å². The number of hydrogen-bond acceptors (Lipinski definition) is 2. The Morgan fingerprint density at radius 1 is 0.312 bits per heavy atom. The average molecular weight is 630 g/mol. The highest BCUT2D eigenvalue weighted by atomic mass is 32.1. The third-order valence-corrected chi connectivity index (χ3v) is 10.5. The molecule has 0 radical (unpaired) electrons. The van der Waals surface area contributed by atoms with Crippen molar-refractivity contribution in [3.63, 3.8) is 0 Å². The second-order valence-electron chi connectivity index (χ2n) is 12.1. The number of fused-ring (bicyclic) bond motifs is 5. The van der Waals surface area contributed by atoms with Gasteiger partial charge in [0.05, 0.1) is 5.69 Å². The van der Waals surface area contributed by atoms with Gasteiger partial charge in [0.25, 0.3) is 0 Å². The van der Waals surface area contributed by atoms with Gasteiger partial charge >= 0.3 is 0 Å². The predicted octanol–water partition coefficient (Wildman–Crippen LogP) is 13.7. The molecule has 9 rings (SSSR count). The first-order valence-corrected chi connectivity index (χ1v) is 17.2. The van der Waals surface area contributed by atoms with Crippen LogP contribution in [0.4, 0.5) is 17.1 Å². The highest BCUT2D eigenvalue weighted by molar-refractivity contribution is 7.27. The van der Waals surface area contributed by atoms with Crippen LogP contribution in [0.1, 0.15) is 0 Å². The molecule has 226 valence electrons. The number of thiophene rings is 1. The molecule has 0 saturated carbocycles. The Hall–Kier alpha value is -5.96. The topological polar surface area (TPSA) is 3.24 Å². The van der Waals surface area contributed by atoms with E-state index in [9.17, 15) is 0 Å². The van der Waals surface area contributed by atoms with Gasteiger partial charge in [0.15, 0.2) is 0 Å². The minimum atomic E-state index is 1.12. The maximum absolute atomic E-state index is 2.42. The molecule has 0 aliphatic rings. The molecule has 0 N–H and O–H groups in total. The summed E-state index contributed by atoms with van der Waals surface area (Å²) in [6.07, 6.45) is 0. The Balaban J connectivity index is 1.24. The molecule has 8 aromatic carbocycles. The molecule has 0 aliphatic heterocycles. The summed E-state index contributed by atoms with van der Waals surface area (Å²) in [7, 11) is 0. The Morgan fingerprint density at radius 3 is 1.54 bits per heavy atom. The highest BCUT2D eigenvalue weighted by Gasteiger charge is 2.20. The van der Waals surface area contributed by atoms with Crippen molar-refractivity contribution in [2.24, 2.45) is 0 Å². The van der Waals surface area contributed by atoms with Crippen molar-refractivity contribution in [3.8, 4) is 33.4 Å². The molecule has 9 aromatic rings. The van der Waals surface area contributed by atoms with Crippen LogP contribution in [-0.4, -0.2) is 0 Å². The van der Waals surface area contributed by atoms with Crippen molar-refractivity contribution in [1.29, 1.82) is 0 Å². The van der Waals surface area contributed by atoms with Crippen molar-refractivity contribution >= 4 is 59.3 Å². The normalized spacial score (nSPS) is 11.3. The van der Waals surface area contributed by atoms with Gasteiger partial charge in [-0.05, 0) is 63.7 Å². The zero-order valence-corrected chi connectivity index (χ0v) is 27.1. The highest BCUT2D eigenvalue weighted by Crippen LogP contribution is 2.48. The molecular weight excluding hydrogens is 599 g/mol. The Bertz CT molecular complexity index is 2530. The van der Waals surface area contributed by atoms with E-state index in [0.717, 1.165) is 11.4 Å². The van der Waals surface area contributed by atoms with Crippen LogP contribution in [-0.2, 0) is 0 Å². The van der Waals surface area contributed by atoms with Gasteiger partial charge in [0, 0.05) is 42.3 Å². The number of hydrogen-bond donors (Lipinski definition) is 0. The first kappa shape index (κ1) is 28.3. The number of para-hydroxylation sites is 1. The second-order valence-corrected chi connectivity index (χ2v) is 13.2. The molecule has 0 aliphatic carbocycles. The van der Waals surface area contributed by atoms with E-state index in [4.69, 9.17) is 0 Å². The monoisotopic (exact) mass is 629 g/mol. The van der Waals surface area contributed by atoms with Gasteiger partial charge in [-0.25, -0.2) is 0 Å². The minimum Gasteiger partial charge on any atom is -0.310 e. The third-order valence-electron chi connectivity index (χ3n) is 9.25. The van der Waals surface area contributed by atoms with Gasteiger partial charge in [-0.3, -0.25) is 0 Å². The smallest absolute Gasteiger partial charge is 0.0547 e. The molecular formula is C46H31NS. The molecule has 0 bridgehead atoms. The van der Waals surface area contributed by atoms with Crippen LogP contribution in [0.25, 0.3) is 64.3 Å². The Labute approximate surface area is 284 Å². The summed E-state index contributed by atoms with van der Waals surface area (Å²) in [6, 6.07) is 68.0. The zero-order chi connectivity index (χ0) is 31.9. The van der Waals surface area contributed by atoms with Gasteiger partial charge in [-0.1, -0.05) is 158 Å². The van der Waals surface area contributed by atoms with Gasteiger partial charge in [0.2, 0.25) is 0 Å². The predicted molar refractivity (Wildman–Crippen MR) is 208 cm³/mol. The first-order valence-electron chi connectivity index (χ1n) is 16.4. The molecule has 0 saturated heterocycles. The summed E-state index contributed by atoms with van der Waals surface area (Å²) in [6.45, 7) is 0. The van der Waals surface area contributed by atoms with Crippen molar-refractivity contribution < 1.29 is 0 Å². The third kappa shape index (κ3) is 4.95. The fraction of sp³-hybridized carbons (Fsp3) is 0. The number of benzene rings is 8. The summed E-state index contributed by atoms with van der Waals surface area (Å²) >= 11 is 1.91. The van der Waals surface area contributed by atoms with E-state index in [2.05, 4.69) is 193 Å². The van der Waals surface area contributed by atoms with Gasteiger partial charge < -0.3 is 4.90 Å². The number of nitrogens with zero attached hydrogens (tertiary/aromatic N) is 1. The standard InChI is InChI=1S/C46H31NS/c1-4-14-32(15-5-1)33-26-28-34(29-27-33)36-18-12-21-38(30-36)47(37-19-8-3-9-20-37)44-31-43-42-25-13-24-39(35-16-6-2-7-17-35)45(42)48-46(43)41-23-11-10-22-40(41)44/h1-31H. The van der Waals surface area contributed by atoms with Gasteiger partial charge in [-0.2, -0.15) is 0 Å². The molecule has 0 spiro atoms. The summed E-state index contributed by atoms with van der Waals surface area (Å²) in [5.74, 6) is 0. The molecule has 0 unspecified atom stereocenters. The molecule has 1 heterocycles. The lowest BCUT2D eigenvalue weighted by Crippen LogP contribution is -2.10. The van der Waals surface area contributed by atoms with E-state index < -0.39 is 0 Å². The lowest BCUT2D eigenvalue weighted by atomic mass is 9.98.